The van der Waals surface area contributed by atoms with E-state index in [0.29, 0.717) is 12.2 Å². The van der Waals surface area contributed by atoms with Gasteiger partial charge in [-0.05, 0) is 64.3 Å². The minimum atomic E-state index is -0.186. The van der Waals surface area contributed by atoms with E-state index < -0.39 is 0 Å². The number of benzene rings is 1. The molecular formula is C19H26N4O2. The van der Waals surface area contributed by atoms with Crippen LogP contribution in [0, 0.1) is 0 Å². The first kappa shape index (κ1) is 18.7. The summed E-state index contributed by atoms with van der Waals surface area (Å²) in [6.45, 7) is 4.40. The lowest BCUT2D eigenvalue weighted by atomic mass is 10.2. The number of amides is 1. The third kappa shape index (κ3) is 6.43. The highest BCUT2D eigenvalue weighted by Gasteiger charge is 2.08. The largest absolute Gasteiger partial charge is 0.494 e. The molecule has 6 heteroatoms. The Balaban J connectivity index is 1.91. The van der Waals surface area contributed by atoms with Crippen LogP contribution in [-0.4, -0.2) is 49.6 Å². The fourth-order valence-electron chi connectivity index (χ4n) is 2.29. The Labute approximate surface area is 149 Å². The topological polar surface area (TPSA) is 66.5 Å². The monoisotopic (exact) mass is 342 g/mol. The molecule has 0 fully saturated rings. The smallest absolute Gasteiger partial charge is 0.257 e. The molecule has 2 N–H and O–H groups in total. The first-order valence-electron chi connectivity index (χ1n) is 8.46. The van der Waals surface area contributed by atoms with Crippen molar-refractivity contribution >= 4 is 17.3 Å². The summed E-state index contributed by atoms with van der Waals surface area (Å²) in [6.07, 6.45) is 4.31. The highest BCUT2D eigenvalue weighted by molar-refractivity contribution is 6.04. The van der Waals surface area contributed by atoms with Crippen molar-refractivity contribution in [2.45, 2.75) is 13.3 Å². The molecule has 0 atom stereocenters. The first-order valence-corrected chi connectivity index (χ1v) is 8.46. The zero-order chi connectivity index (χ0) is 18.1. The lowest BCUT2D eigenvalue weighted by Gasteiger charge is -2.11. The Bertz CT molecular complexity index is 671. The molecule has 2 rings (SSSR count). The van der Waals surface area contributed by atoms with E-state index >= 15 is 0 Å². The third-order valence-electron chi connectivity index (χ3n) is 3.53. The van der Waals surface area contributed by atoms with Crippen molar-refractivity contribution in [1.82, 2.24) is 9.88 Å². The highest BCUT2D eigenvalue weighted by atomic mass is 16.5. The standard InChI is InChI=1S/C19H26N4O2/c1-4-25-18-8-6-16(7-9-18)22-19(24)15-12-17(14-20-13-15)21-10-5-11-23(2)3/h6-9,12-14,21H,4-5,10-11H2,1-3H3,(H,22,24). The molecule has 134 valence electrons. The summed E-state index contributed by atoms with van der Waals surface area (Å²) in [5, 5.41) is 6.16. The summed E-state index contributed by atoms with van der Waals surface area (Å²) in [7, 11) is 4.10. The minimum absolute atomic E-state index is 0.186. The van der Waals surface area contributed by atoms with Crippen LogP contribution in [-0.2, 0) is 0 Å². The van der Waals surface area contributed by atoms with Crippen molar-refractivity contribution < 1.29 is 9.53 Å². The van der Waals surface area contributed by atoms with Crippen LogP contribution in [0.3, 0.4) is 0 Å². The normalized spacial score (nSPS) is 10.6. The number of aromatic nitrogens is 1. The predicted molar refractivity (Wildman–Crippen MR) is 101 cm³/mol. The minimum Gasteiger partial charge on any atom is -0.494 e. The summed E-state index contributed by atoms with van der Waals surface area (Å²) in [4.78, 5) is 18.7. The van der Waals surface area contributed by atoms with E-state index in [4.69, 9.17) is 4.74 Å². The third-order valence-corrected chi connectivity index (χ3v) is 3.53. The van der Waals surface area contributed by atoms with Gasteiger partial charge in [-0.1, -0.05) is 0 Å². The second-order valence-electron chi connectivity index (χ2n) is 5.96. The van der Waals surface area contributed by atoms with Gasteiger partial charge in [0.05, 0.1) is 17.9 Å². The van der Waals surface area contributed by atoms with Crippen LogP contribution >= 0.6 is 0 Å². The van der Waals surface area contributed by atoms with Crippen LogP contribution < -0.4 is 15.4 Å². The second kappa shape index (κ2) is 9.64. The maximum absolute atomic E-state index is 12.4. The van der Waals surface area contributed by atoms with Crippen LogP contribution in [0.15, 0.2) is 42.7 Å². The SMILES string of the molecule is CCOc1ccc(NC(=O)c2cncc(NCCCN(C)C)c2)cc1. The molecule has 0 aliphatic carbocycles. The number of pyridine rings is 1. The molecule has 0 saturated carbocycles. The van der Waals surface area contributed by atoms with Gasteiger partial charge in [-0.25, -0.2) is 0 Å². The molecule has 0 saturated heterocycles. The molecule has 0 aliphatic heterocycles. The van der Waals surface area contributed by atoms with Crippen molar-refractivity contribution in [3.63, 3.8) is 0 Å². The Morgan fingerprint density at radius 1 is 1.16 bits per heavy atom. The van der Waals surface area contributed by atoms with Gasteiger partial charge >= 0.3 is 0 Å². The molecule has 0 radical (unpaired) electrons. The van der Waals surface area contributed by atoms with Gasteiger partial charge in [0, 0.05) is 24.6 Å². The quantitative estimate of drug-likeness (QED) is 0.686. The highest BCUT2D eigenvalue weighted by Crippen LogP contribution is 2.17. The number of hydrogen-bond acceptors (Lipinski definition) is 5. The molecule has 0 unspecified atom stereocenters. The number of anilines is 2. The Kier molecular flexibility index (Phi) is 7.22. The summed E-state index contributed by atoms with van der Waals surface area (Å²) >= 11 is 0. The molecule has 2 aromatic rings. The van der Waals surface area contributed by atoms with Crippen LogP contribution in [0.25, 0.3) is 0 Å². The number of carbonyl (C=O) groups is 1. The van der Waals surface area contributed by atoms with Crippen LogP contribution in [0.1, 0.15) is 23.7 Å². The molecule has 0 spiro atoms. The summed E-state index contributed by atoms with van der Waals surface area (Å²) in [6, 6.07) is 9.12. The van der Waals surface area contributed by atoms with Crippen LogP contribution in [0.4, 0.5) is 11.4 Å². The summed E-state index contributed by atoms with van der Waals surface area (Å²) < 4.78 is 5.39. The fraction of sp³-hybridized carbons (Fsp3) is 0.368. The maximum Gasteiger partial charge on any atom is 0.257 e. The van der Waals surface area contributed by atoms with E-state index in [2.05, 4.69) is 20.5 Å². The van der Waals surface area contributed by atoms with E-state index in [9.17, 15) is 4.79 Å². The second-order valence-corrected chi connectivity index (χ2v) is 5.96. The summed E-state index contributed by atoms with van der Waals surface area (Å²) in [5.74, 6) is 0.597. The average molecular weight is 342 g/mol. The number of carbonyl (C=O) groups excluding carboxylic acids is 1. The summed E-state index contributed by atoms with van der Waals surface area (Å²) in [5.41, 5.74) is 2.09. The number of rotatable bonds is 9. The van der Waals surface area contributed by atoms with E-state index in [1.807, 2.05) is 51.4 Å². The molecule has 1 aromatic heterocycles. The van der Waals surface area contributed by atoms with E-state index in [-0.39, 0.29) is 5.91 Å². The lowest BCUT2D eigenvalue weighted by molar-refractivity contribution is 0.102. The Morgan fingerprint density at radius 3 is 2.60 bits per heavy atom. The van der Waals surface area contributed by atoms with Gasteiger partial charge in [-0.2, -0.15) is 0 Å². The van der Waals surface area contributed by atoms with Crippen molar-refractivity contribution in [2.24, 2.45) is 0 Å². The molecule has 1 amide bonds. The molecule has 25 heavy (non-hydrogen) atoms. The average Bonchev–Trinajstić information content (AvgIpc) is 2.61. The number of hydrogen-bond donors (Lipinski definition) is 2. The van der Waals surface area contributed by atoms with Crippen LogP contribution in [0.5, 0.6) is 5.75 Å². The van der Waals surface area contributed by atoms with Gasteiger partial charge in [0.15, 0.2) is 0 Å². The lowest BCUT2D eigenvalue weighted by Crippen LogP contribution is -2.17. The predicted octanol–water partition coefficient (Wildman–Crippen LogP) is 3.10. The number of ether oxygens (including phenoxy) is 1. The first-order chi connectivity index (χ1) is 12.1. The molecule has 1 heterocycles. The van der Waals surface area contributed by atoms with Crippen molar-refractivity contribution in [2.75, 3.05) is 44.4 Å². The van der Waals surface area contributed by atoms with Gasteiger partial charge in [0.1, 0.15) is 5.75 Å². The van der Waals surface area contributed by atoms with Crippen molar-refractivity contribution in [1.29, 1.82) is 0 Å². The van der Waals surface area contributed by atoms with Crippen LogP contribution in [0.2, 0.25) is 0 Å². The Hall–Kier alpha value is -2.60. The maximum atomic E-state index is 12.4. The van der Waals surface area contributed by atoms with E-state index in [1.165, 1.54) is 0 Å². The number of nitrogens with one attached hydrogen (secondary N) is 2. The zero-order valence-corrected chi connectivity index (χ0v) is 15.1. The van der Waals surface area contributed by atoms with Crippen molar-refractivity contribution in [3.8, 4) is 5.75 Å². The van der Waals surface area contributed by atoms with E-state index in [1.54, 1.807) is 12.4 Å². The fourth-order valence-corrected chi connectivity index (χ4v) is 2.29. The molecule has 6 nitrogen and oxygen atoms in total. The molecule has 0 aliphatic rings. The molecule has 0 bridgehead atoms. The van der Waals surface area contributed by atoms with Gasteiger partial charge < -0.3 is 20.3 Å². The van der Waals surface area contributed by atoms with E-state index in [0.717, 1.165) is 36.6 Å². The number of nitrogens with zero attached hydrogens (tertiary/aromatic N) is 2. The van der Waals surface area contributed by atoms with Gasteiger partial charge in [0.2, 0.25) is 0 Å². The molecular weight excluding hydrogens is 316 g/mol. The molecule has 1 aromatic carbocycles. The van der Waals surface area contributed by atoms with Crippen molar-refractivity contribution in [3.05, 3.63) is 48.3 Å². The van der Waals surface area contributed by atoms with Gasteiger partial charge in [-0.3, -0.25) is 9.78 Å². The Morgan fingerprint density at radius 2 is 1.92 bits per heavy atom. The zero-order valence-electron chi connectivity index (χ0n) is 15.1. The van der Waals surface area contributed by atoms with Gasteiger partial charge in [-0.15, -0.1) is 0 Å². The van der Waals surface area contributed by atoms with Gasteiger partial charge in [0.25, 0.3) is 5.91 Å².